The van der Waals surface area contributed by atoms with Gasteiger partial charge in [0.05, 0.1) is 12.2 Å². The molecule has 0 saturated carbocycles. The maximum absolute atomic E-state index is 6.33. The summed E-state index contributed by atoms with van der Waals surface area (Å²) in [6.45, 7) is 14.2. The third-order valence-corrected chi connectivity index (χ3v) is 4.52. The standard InChI is InChI=1S/C16H32N2O/c1-4-17-9-5-15(6-10-17)19-16-7-11-18(12-8-16)13-14(2)3/h14-16H,4-13H2,1-3H3. The van der Waals surface area contributed by atoms with Crippen LogP contribution < -0.4 is 0 Å². The van der Waals surface area contributed by atoms with E-state index in [0.29, 0.717) is 12.2 Å². The number of ether oxygens (including phenoxy) is 1. The van der Waals surface area contributed by atoms with Gasteiger partial charge in [-0.15, -0.1) is 0 Å². The molecule has 2 aliphatic heterocycles. The highest BCUT2D eigenvalue weighted by atomic mass is 16.5. The van der Waals surface area contributed by atoms with Crippen LogP contribution in [0, 0.1) is 5.92 Å². The first-order valence-electron chi connectivity index (χ1n) is 8.27. The molecule has 0 radical (unpaired) electrons. The van der Waals surface area contributed by atoms with Gasteiger partial charge in [0.15, 0.2) is 0 Å². The molecule has 112 valence electrons. The van der Waals surface area contributed by atoms with E-state index in [2.05, 4.69) is 30.6 Å². The van der Waals surface area contributed by atoms with Gasteiger partial charge in [-0.1, -0.05) is 20.8 Å². The van der Waals surface area contributed by atoms with Crippen molar-refractivity contribution in [2.24, 2.45) is 5.92 Å². The summed E-state index contributed by atoms with van der Waals surface area (Å²) in [5.41, 5.74) is 0. The first-order chi connectivity index (χ1) is 9.17. The van der Waals surface area contributed by atoms with Gasteiger partial charge in [-0.3, -0.25) is 0 Å². The molecule has 0 atom stereocenters. The van der Waals surface area contributed by atoms with Gasteiger partial charge in [-0.2, -0.15) is 0 Å². The molecule has 2 aliphatic rings. The topological polar surface area (TPSA) is 15.7 Å². The van der Waals surface area contributed by atoms with Crippen molar-refractivity contribution in [3.05, 3.63) is 0 Å². The van der Waals surface area contributed by atoms with Gasteiger partial charge >= 0.3 is 0 Å². The first kappa shape index (κ1) is 15.3. The Labute approximate surface area is 119 Å². The smallest absolute Gasteiger partial charge is 0.0603 e. The molecule has 0 spiro atoms. The Balaban J connectivity index is 1.63. The molecule has 0 aromatic heterocycles. The van der Waals surface area contributed by atoms with Gasteiger partial charge in [0, 0.05) is 32.7 Å². The van der Waals surface area contributed by atoms with Crippen molar-refractivity contribution in [2.45, 2.75) is 58.7 Å². The average Bonchev–Trinajstić information content (AvgIpc) is 2.41. The van der Waals surface area contributed by atoms with Crippen LogP contribution in [0.15, 0.2) is 0 Å². The van der Waals surface area contributed by atoms with E-state index in [4.69, 9.17) is 4.74 Å². The van der Waals surface area contributed by atoms with E-state index in [9.17, 15) is 0 Å². The summed E-state index contributed by atoms with van der Waals surface area (Å²) in [6.07, 6.45) is 6.01. The Morgan fingerprint density at radius 3 is 1.79 bits per heavy atom. The summed E-state index contributed by atoms with van der Waals surface area (Å²) < 4.78 is 6.33. The fourth-order valence-electron chi connectivity index (χ4n) is 3.38. The van der Waals surface area contributed by atoms with E-state index in [1.54, 1.807) is 0 Å². The van der Waals surface area contributed by atoms with E-state index >= 15 is 0 Å². The van der Waals surface area contributed by atoms with Crippen LogP contribution >= 0.6 is 0 Å². The minimum atomic E-state index is 0.529. The number of rotatable bonds is 5. The predicted molar refractivity (Wildman–Crippen MR) is 80.5 cm³/mol. The molecule has 3 heteroatoms. The molecule has 0 aromatic rings. The maximum Gasteiger partial charge on any atom is 0.0603 e. The highest BCUT2D eigenvalue weighted by Gasteiger charge is 2.25. The van der Waals surface area contributed by atoms with Gasteiger partial charge in [-0.25, -0.2) is 0 Å². The lowest BCUT2D eigenvalue weighted by molar-refractivity contribution is -0.0652. The molecule has 3 nitrogen and oxygen atoms in total. The summed E-state index contributed by atoms with van der Waals surface area (Å²) in [5, 5.41) is 0. The minimum absolute atomic E-state index is 0.529. The SMILES string of the molecule is CCN1CCC(OC2CCN(CC(C)C)CC2)CC1. The van der Waals surface area contributed by atoms with Crippen LogP contribution in [0.4, 0.5) is 0 Å². The molecular weight excluding hydrogens is 236 g/mol. The second kappa shape index (κ2) is 7.61. The highest BCUT2D eigenvalue weighted by molar-refractivity contribution is 4.77. The third kappa shape index (κ3) is 5.05. The van der Waals surface area contributed by atoms with Crippen LogP contribution in [0.1, 0.15) is 46.5 Å². The number of hydrogen-bond acceptors (Lipinski definition) is 3. The van der Waals surface area contributed by atoms with E-state index in [-0.39, 0.29) is 0 Å². The number of hydrogen-bond donors (Lipinski definition) is 0. The lowest BCUT2D eigenvalue weighted by atomic mass is 10.0. The average molecular weight is 268 g/mol. The number of nitrogens with zero attached hydrogens (tertiary/aromatic N) is 2. The van der Waals surface area contributed by atoms with Crippen molar-refractivity contribution in [1.82, 2.24) is 9.80 Å². The summed E-state index contributed by atoms with van der Waals surface area (Å²) in [6, 6.07) is 0. The normalized spacial score (nSPS) is 25.3. The van der Waals surface area contributed by atoms with Crippen molar-refractivity contribution >= 4 is 0 Å². The van der Waals surface area contributed by atoms with Crippen molar-refractivity contribution < 1.29 is 4.74 Å². The Bertz CT molecular complexity index is 241. The monoisotopic (exact) mass is 268 g/mol. The first-order valence-corrected chi connectivity index (χ1v) is 8.27. The van der Waals surface area contributed by atoms with Gasteiger partial charge in [0.1, 0.15) is 0 Å². The molecule has 0 amide bonds. The van der Waals surface area contributed by atoms with Crippen LogP contribution in [0.25, 0.3) is 0 Å². The van der Waals surface area contributed by atoms with Crippen LogP contribution in [-0.2, 0) is 4.74 Å². The molecule has 0 unspecified atom stereocenters. The van der Waals surface area contributed by atoms with E-state index in [1.807, 2.05) is 0 Å². The van der Waals surface area contributed by atoms with Crippen molar-refractivity contribution in [1.29, 1.82) is 0 Å². The summed E-state index contributed by atoms with van der Waals surface area (Å²) in [4.78, 5) is 5.13. The lowest BCUT2D eigenvalue weighted by Crippen LogP contribution is -2.42. The van der Waals surface area contributed by atoms with Gasteiger partial charge in [-0.05, 0) is 38.1 Å². The quantitative estimate of drug-likeness (QED) is 0.762. The van der Waals surface area contributed by atoms with Crippen molar-refractivity contribution in [2.75, 3.05) is 39.3 Å². The van der Waals surface area contributed by atoms with Crippen LogP contribution in [0.3, 0.4) is 0 Å². The summed E-state index contributed by atoms with van der Waals surface area (Å²) >= 11 is 0. The summed E-state index contributed by atoms with van der Waals surface area (Å²) in [7, 11) is 0. The molecule has 0 aliphatic carbocycles. The van der Waals surface area contributed by atoms with E-state index in [1.165, 1.54) is 65.0 Å². The third-order valence-electron chi connectivity index (χ3n) is 4.52. The molecule has 0 bridgehead atoms. The molecule has 2 heterocycles. The zero-order chi connectivity index (χ0) is 13.7. The fraction of sp³-hybridized carbons (Fsp3) is 1.00. The van der Waals surface area contributed by atoms with Gasteiger partial charge in [0.2, 0.25) is 0 Å². The Morgan fingerprint density at radius 2 is 1.37 bits per heavy atom. The Morgan fingerprint density at radius 1 is 0.895 bits per heavy atom. The second-order valence-corrected chi connectivity index (χ2v) is 6.66. The molecular formula is C16H32N2O. The molecule has 2 rings (SSSR count). The van der Waals surface area contributed by atoms with Crippen molar-refractivity contribution in [3.63, 3.8) is 0 Å². The number of piperidine rings is 2. The predicted octanol–water partition coefficient (Wildman–Crippen LogP) is 2.61. The maximum atomic E-state index is 6.33. The zero-order valence-corrected chi connectivity index (χ0v) is 13.1. The minimum Gasteiger partial charge on any atom is -0.375 e. The Hall–Kier alpha value is -0.120. The van der Waals surface area contributed by atoms with Crippen LogP contribution in [0.5, 0.6) is 0 Å². The largest absolute Gasteiger partial charge is 0.375 e. The van der Waals surface area contributed by atoms with E-state index in [0.717, 1.165) is 5.92 Å². The molecule has 2 fully saturated rings. The van der Waals surface area contributed by atoms with Crippen molar-refractivity contribution in [3.8, 4) is 0 Å². The van der Waals surface area contributed by atoms with Crippen LogP contribution in [-0.4, -0.2) is 61.3 Å². The fourth-order valence-corrected chi connectivity index (χ4v) is 3.38. The highest BCUT2D eigenvalue weighted by Crippen LogP contribution is 2.21. The summed E-state index contributed by atoms with van der Waals surface area (Å²) in [5.74, 6) is 0.788. The number of likely N-dealkylation sites (tertiary alicyclic amines) is 2. The molecule has 2 saturated heterocycles. The molecule has 0 N–H and O–H groups in total. The Kier molecular flexibility index (Phi) is 6.11. The lowest BCUT2D eigenvalue weighted by Gasteiger charge is -2.37. The van der Waals surface area contributed by atoms with E-state index < -0.39 is 0 Å². The van der Waals surface area contributed by atoms with Gasteiger partial charge < -0.3 is 14.5 Å². The van der Waals surface area contributed by atoms with Gasteiger partial charge in [0.25, 0.3) is 0 Å². The zero-order valence-electron chi connectivity index (χ0n) is 13.1. The second-order valence-electron chi connectivity index (χ2n) is 6.66. The molecule has 0 aromatic carbocycles. The molecule has 19 heavy (non-hydrogen) atoms. The van der Waals surface area contributed by atoms with Crippen LogP contribution in [0.2, 0.25) is 0 Å².